The molecule has 3 heterocycles. The van der Waals surface area contributed by atoms with Crippen LogP contribution in [0.15, 0.2) is 64.4 Å². The number of nitrogens with one attached hydrogen (secondary N) is 1. The molecule has 1 amide bonds. The Bertz CT molecular complexity index is 1030. The maximum atomic E-state index is 13.0. The number of anilines is 2. The van der Waals surface area contributed by atoms with Gasteiger partial charge < -0.3 is 15.9 Å². The molecule has 1 aliphatic heterocycles. The van der Waals surface area contributed by atoms with E-state index in [9.17, 15) is 4.79 Å². The number of thioether (sulfide) groups is 1. The molecule has 2 aromatic heterocycles. The molecule has 4 rings (SSSR count). The third kappa shape index (κ3) is 4.30. The summed E-state index contributed by atoms with van der Waals surface area (Å²) in [6, 6.07) is 12.0. The second-order valence-corrected chi connectivity index (χ2v) is 7.59. The molecule has 1 atom stereocenters. The predicted molar refractivity (Wildman–Crippen MR) is 112 cm³/mol. The molecule has 29 heavy (non-hydrogen) atoms. The molecule has 0 bridgehead atoms. The minimum absolute atomic E-state index is 0.0921. The van der Waals surface area contributed by atoms with Crippen molar-refractivity contribution in [2.75, 3.05) is 17.2 Å². The number of hydrazine groups is 1. The minimum Gasteiger partial charge on any atom is -0.467 e. The Hall–Kier alpha value is -3.17. The molecule has 0 radical (unpaired) electrons. The monoisotopic (exact) mass is 428 g/mol. The Balaban J connectivity index is 1.53. The highest BCUT2D eigenvalue weighted by atomic mass is 35.5. The Morgan fingerprint density at radius 2 is 1.93 bits per heavy atom. The number of hydrogen-bond donors (Lipinski definition) is 3. The molecule has 0 spiro atoms. The van der Waals surface area contributed by atoms with E-state index in [1.165, 1.54) is 11.1 Å². The summed E-state index contributed by atoms with van der Waals surface area (Å²) in [4.78, 5) is 21.1. The van der Waals surface area contributed by atoms with Crippen molar-refractivity contribution in [1.29, 1.82) is 0 Å². The lowest BCUT2D eigenvalue weighted by molar-refractivity contribution is -0.131. The van der Waals surface area contributed by atoms with Gasteiger partial charge in [0.2, 0.25) is 0 Å². The number of hydrogen-bond acceptors (Lipinski definition) is 8. The van der Waals surface area contributed by atoms with Crippen LogP contribution in [0.4, 0.5) is 11.6 Å². The number of halogens is 1. The summed E-state index contributed by atoms with van der Waals surface area (Å²) in [6.07, 6.45) is 3.50. The smallest absolute Gasteiger partial charge is 0.252 e. The fourth-order valence-electron chi connectivity index (χ4n) is 2.87. The molecule has 1 aliphatic rings. The van der Waals surface area contributed by atoms with Gasteiger partial charge in [0.05, 0.1) is 17.7 Å². The molecule has 1 aromatic carbocycles. The van der Waals surface area contributed by atoms with Gasteiger partial charge in [-0.3, -0.25) is 10.2 Å². The summed E-state index contributed by atoms with van der Waals surface area (Å²) >= 11 is 7.13. The van der Waals surface area contributed by atoms with Crippen molar-refractivity contribution in [1.82, 2.24) is 20.4 Å². The van der Waals surface area contributed by atoms with E-state index >= 15 is 0 Å². The van der Waals surface area contributed by atoms with Crippen LogP contribution in [0.25, 0.3) is 5.70 Å². The minimum atomic E-state index is -0.393. The molecular formula is C19H17ClN6O2S. The van der Waals surface area contributed by atoms with Gasteiger partial charge in [-0.2, -0.15) is 0 Å². The highest BCUT2D eigenvalue weighted by molar-refractivity contribution is 7.99. The van der Waals surface area contributed by atoms with Crippen molar-refractivity contribution in [3.8, 4) is 0 Å². The lowest BCUT2D eigenvalue weighted by Crippen LogP contribution is -2.40. The van der Waals surface area contributed by atoms with Crippen molar-refractivity contribution in [2.24, 2.45) is 0 Å². The van der Waals surface area contributed by atoms with Gasteiger partial charge >= 0.3 is 0 Å². The number of aromatic nitrogens is 2. The molecule has 0 aliphatic carbocycles. The van der Waals surface area contributed by atoms with Crippen LogP contribution in [0.1, 0.15) is 17.4 Å². The van der Waals surface area contributed by atoms with Gasteiger partial charge in [-0.1, -0.05) is 35.5 Å². The van der Waals surface area contributed by atoms with Crippen LogP contribution in [0.2, 0.25) is 5.02 Å². The van der Waals surface area contributed by atoms with E-state index in [1.807, 2.05) is 24.3 Å². The van der Waals surface area contributed by atoms with Crippen LogP contribution >= 0.6 is 23.4 Å². The van der Waals surface area contributed by atoms with Crippen molar-refractivity contribution in [3.05, 3.63) is 71.2 Å². The Labute approximate surface area is 175 Å². The Morgan fingerprint density at radius 1 is 1.21 bits per heavy atom. The number of nitrogens with zero attached hydrogens (tertiary/aromatic N) is 3. The fraction of sp³-hybridized carbons (Fsp3) is 0.105. The van der Waals surface area contributed by atoms with Gasteiger partial charge in [0.15, 0.2) is 5.16 Å². The van der Waals surface area contributed by atoms with Gasteiger partial charge in [0.25, 0.3) is 5.91 Å². The summed E-state index contributed by atoms with van der Waals surface area (Å²) in [7, 11) is 0. The number of carbonyl (C=O) groups excluding carboxylic acids is 1. The molecule has 0 saturated carbocycles. The van der Waals surface area contributed by atoms with Crippen LogP contribution in [0.3, 0.4) is 0 Å². The molecular weight excluding hydrogens is 412 g/mol. The topological polar surface area (TPSA) is 123 Å². The molecule has 5 N–H and O–H groups in total. The highest BCUT2D eigenvalue weighted by Crippen LogP contribution is 2.32. The van der Waals surface area contributed by atoms with Gasteiger partial charge in [-0.25, -0.2) is 15.0 Å². The average molecular weight is 429 g/mol. The van der Waals surface area contributed by atoms with Gasteiger partial charge in [0.1, 0.15) is 23.4 Å². The summed E-state index contributed by atoms with van der Waals surface area (Å²) in [6.45, 7) is 0. The zero-order valence-electron chi connectivity index (χ0n) is 15.1. The SMILES string of the molecule is Nc1cc(N)nc(SCC(=O)N2NC(c3ccc(Cl)cc3)=C[C@@H]2c2ccco2)n1. The maximum absolute atomic E-state index is 13.0. The fourth-order valence-corrected chi connectivity index (χ4v) is 3.73. The lowest BCUT2D eigenvalue weighted by atomic mass is 10.1. The molecule has 3 aromatic rings. The lowest BCUT2D eigenvalue weighted by Gasteiger charge is -2.23. The molecule has 0 saturated heterocycles. The number of nitrogens with two attached hydrogens (primary N) is 2. The molecule has 10 heteroatoms. The first kappa shape index (κ1) is 19.2. The van der Waals surface area contributed by atoms with E-state index in [2.05, 4.69) is 15.4 Å². The average Bonchev–Trinajstić information content (AvgIpc) is 3.35. The predicted octanol–water partition coefficient (Wildman–Crippen LogP) is 3.11. The number of nitrogen functional groups attached to an aromatic ring is 2. The van der Waals surface area contributed by atoms with Gasteiger partial charge in [0, 0.05) is 11.1 Å². The zero-order chi connectivity index (χ0) is 20.4. The number of amides is 1. The van der Waals surface area contributed by atoms with E-state index in [0.717, 1.165) is 23.0 Å². The van der Waals surface area contributed by atoms with Crippen LogP contribution in [0, 0.1) is 0 Å². The number of benzene rings is 1. The Kier molecular flexibility index (Phi) is 5.32. The standard InChI is InChI=1S/C19H17ClN6O2S/c20-12-5-3-11(4-6-12)13-8-14(15-2-1-7-28-15)26(25-13)18(27)10-29-19-23-16(21)9-17(22)24-19/h1-9,14,25H,10H2,(H4,21,22,23,24)/t14-/m1/s1. The molecule has 0 fully saturated rings. The van der Waals surface area contributed by atoms with E-state index in [0.29, 0.717) is 15.9 Å². The number of rotatable bonds is 5. The quantitative estimate of drug-likeness (QED) is 0.418. The van der Waals surface area contributed by atoms with Crippen molar-refractivity contribution >= 4 is 46.6 Å². The van der Waals surface area contributed by atoms with Gasteiger partial charge in [-0.05, 0) is 35.9 Å². The van der Waals surface area contributed by atoms with Crippen molar-refractivity contribution < 1.29 is 9.21 Å². The van der Waals surface area contributed by atoms with E-state index in [1.54, 1.807) is 24.5 Å². The van der Waals surface area contributed by atoms with Crippen LogP contribution in [-0.4, -0.2) is 26.6 Å². The number of furan rings is 1. The van der Waals surface area contributed by atoms with E-state index in [4.69, 9.17) is 27.5 Å². The largest absolute Gasteiger partial charge is 0.467 e. The third-order valence-electron chi connectivity index (χ3n) is 4.17. The zero-order valence-corrected chi connectivity index (χ0v) is 16.7. The second-order valence-electron chi connectivity index (χ2n) is 6.21. The van der Waals surface area contributed by atoms with Crippen molar-refractivity contribution in [3.63, 3.8) is 0 Å². The van der Waals surface area contributed by atoms with Crippen LogP contribution in [-0.2, 0) is 4.79 Å². The van der Waals surface area contributed by atoms with Crippen LogP contribution in [0.5, 0.6) is 0 Å². The summed E-state index contributed by atoms with van der Waals surface area (Å²) < 4.78 is 5.53. The summed E-state index contributed by atoms with van der Waals surface area (Å²) in [5, 5.41) is 2.50. The van der Waals surface area contributed by atoms with Crippen LogP contribution < -0.4 is 16.9 Å². The maximum Gasteiger partial charge on any atom is 0.252 e. The van der Waals surface area contributed by atoms with E-state index in [-0.39, 0.29) is 23.3 Å². The second kappa shape index (κ2) is 8.06. The summed E-state index contributed by atoms with van der Waals surface area (Å²) in [5.41, 5.74) is 16.2. The van der Waals surface area contributed by atoms with Crippen molar-refractivity contribution in [2.45, 2.75) is 11.2 Å². The molecule has 8 nitrogen and oxygen atoms in total. The Morgan fingerprint density at radius 3 is 2.59 bits per heavy atom. The molecule has 148 valence electrons. The first-order valence-electron chi connectivity index (χ1n) is 8.62. The summed E-state index contributed by atoms with van der Waals surface area (Å²) in [5.74, 6) is 1.07. The normalized spacial score (nSPS) is 15.8. The molecule has 0 unspecified atom stereocenters. The third-order valence-corrected chi connectivity index (χ3v) is 5.26. The van der Waals surface area contributed by atoms with Gasteiger partial charge in [-0.15, -0.1) is 0 Å². The number of carbonyl (C=O) groups is 1. The highest BCUT2D eigenvalue weighted by Gasteiger charge is 2.32. The first-order valence-corrected chi connectivity index (χ1v) is 9.98. The van der Waals surface area contributed by atoms with E-state index < -0.39 is 6.04 Å². The first-order chi connectivity index (χ1) is 14.0.